The summed E-state index contributed by atoms with van der Waals surface area (Å²) in [6, 6.07) is 19.2. The fourth-order valence-electron chi connectivity index (χ4n) is 3.87. The van der Waals surface area contributed by atoms with E-state index in [1.54, 1.807) is 11.0 Å². The highest BCUT2D eigenvalue weighted by molar-refractivity contribution is 6.06. The van der Waals surface area contributed by atoms with E-state index in [0.717, 1.165) is 27.6 Å². The average Bonchev–Trinajstić information content (AvgIpc) is 3.16. The van der Waals surface area contributed by atoms with E-state index in [1.165, 1.54) is 0 Å². The number of amides is 2. The van der Waals surface area contributed by atoms with E-state index in [4.69, 9.17) is 4.74 Å². The van der Waals surface area contributed by atoms with E-state index in [-0.39, 0.29) is 25.5 Å². The number of carbonyl (C=O) groups excluding carboxylic acids is 3. The largest absolute Gasteiger partial charge is 0.455 e. The number of aryl methyl sites for hydroxylation is 1. The highest BCUT2D eigenvalue weighted by atomic mass is 16.5. The topological polar surface area (TPSA) is 75.7 Å². The van der Waals surface area contributed by atoms with Crippen LogP contribution in [0.1, 0.15) is 17.5 Å². The van der Waals surface area contributed by atoms with Crippen LogP contribution < -0.4 is 10.2 Å². The zero-order valence-electron chi connectivity index (χ0n) is 17.6. The number of nitrogens with one attached hydrogen (secondary N) is 1. The molecule has 1 N–H and O–H groups in total. The predicted octanol–water partition coefficient (Wildman–Crippen LogP) is 3.99. The van der Waals surface area contributed by atoms with Crippen molar-refractivity contribution in [2.24, 2.45) is 5.92 Å². The van der Waals surface area contributed by atoms with E-state index in [1.807, 2.05) is 68.4 Å². The second-order valence-corrected chi connectivity index (χ2v) is 7.81. The maximum atomic E-state index is 12.6. The average molecular weight is 416 g/mol. The van der Waals surface area contributed by atoms with Crippen molar-refractivity contribution < 1.29 is 19.1 Å². The third kappa shape index (κ3) is 4.28. The number of ether oxygens (including phenoxy) is 1. The highest BCUT2D eigenvalue weighted by Crippen LogP contribution is 2.32. The Hall–Kier alpha value is -3.67. The zero-order chi connectivity index (χ0) is 22.0. The van der Waals surface area contributed by atoms with Gasteiger partial charge in [0.2, 0.25) is 5.91 Å². The van der Waals surface area contributed by atoms with Gasteiger partial charge in [0.05, 0.1) is 11.6 Å². The molecule has 0 aliphatic carbocycles. The van der Waals surface area contributed by atoms with Gasteiger partial charge in [-0.05, 0) is 42.5 Å². The first-order valence-electron chi connectivity index (χ1n) is 10.2. The quantitative estimate of drug-likeness (QED) is 0.638. The van der Waals surface area contributed by atoms with Crippen molar-refractivity contribution in [1.82, 2.24) is 0 Å². The Bertz CT molecular complexity index is 1170. The fraction of sp³-hybridized carbons (Fsp3) is 0.240. The standard InChI is InChI=1S/C25H24N2O4/c1-16-7-5-11-21(17(16)2)26-23(28)15-31-25(30)19-13-24(29)27(14-19)22-12-6-9-18-8-3-4-10-20(18)22/h3-12,19H,13-15H2,1-2H3,(H,26,28)/t19-/m1/s1. The van der Waals surface area contributed by atoms with Crippen molar-refractivity contribution in [3.8, 4) is 0 Å². The molecule has 3 aromatic rings. The second-order valence-electron chi connectivity index (χ2n) is 7.81. The molecular formula is C25H24N2O4. The number of anilines is 2. The Morgan fingerprint density at radius 2 is 1.77 bits per heavy atom. The SMILES string of the molecule is Cc1cccc(NC(=O)COC(=O)[C@@H]2CC(=O)N(c3cccc4ccccc34)C2)c1C. The van der Waals surface area contributed by atoms with Gasteiger partial charge in [0.1, 0.15) is 0 Å². The van der Waals surface area contributed by atoms with Gasteiger partial charge in [0, 0.05) is 24.0 Å². The van der Waals surface area contributed by atoms with E-state index < -0.39 is 17.8 Å². The molecule has 0 aromatic heterocycles. The van der Waals surface area contributed by atoms with Crippen LogP contribution in [0, 0.1) is 19.8 Å². The first-order chi connectivity index (χ1) is 14.9. The molecule has 2 amide bonds. The Morgan fingerprint density at radius 3 is 2.61 bits per heavy atom. The number of hydrogen-bond acceptors (Lipinski definition) is 4. The lowest BCUT2D eigenvalue weighted by atomic mass is 10.1. The minimum absolute atomic E-state index is 0.0701. The predicted molar refractivity (Wildman–Crippen MR) is 120 cm³/mol. The van der Waals surface area contributed by atoms with Crippen LogP contribution in [-0.2, 0) is 19.1 Å². The van der Waals surface area contributed by atoms with Crippen molar-refractivity contribution >= 4 is 39.9 Å². The van der Waals surface area contributed by atoms with Gasteiger partial charge >= 0.3 is 5.97 Å². The molecule has 6 heteroatoms. The van der Waals surface area contributed by atoms with Gasteiger partial charge in [-0.25, -0.2) is 0 Å². The Balaban J connectivity index is 1.38. The summed E-state index contributed by atoms with van der Waals surface area (Å²) in [6.45, 7) is 3.74. The summed E-state index contributed by atoms with van der Waals surface area (Å²) >= 11 is 0. The summed E-state index contributed by atoms with van der Waals surface area (Å²) in [5.41, 5.74) is 3.51. The lowest BCUT2D eigenvalue weighted by molar-refractivity contribution is -0.151. The molecule has 0 spiro atoms. The minimum atomic E-state index is -0.597. The molecule has 0 radical (unpaired) electrons. The number of hydrogen-bond donors (Lipinski definition) is 1. The molecule has 1 atom stereocenters. The number of carbonyl (C=O) groups is 3. The van der Waals surface area contributed by atoms with Crippen LogP contribution in [0.15, 0.2) is 60.7 Å². The Labute approximate surface area is 180 Å². The molecule has 0 unspecified atom stereocenters. The van der Waals surface area contributed by atoms with Crippen molar-refractivity contribution in [2.45, 2.75) is 20.3 Å². The van der Waals surface area contributed by atoms with Crippen molar-refractivity contribution in [1.29, 1.82) is 0 Å². The minimum Gasteiger partial charge on any atom is -0.455 e. The Kier molecular flexibility index (Phi) is 5.71. The zero-order valence-corrected chi connectivity index (χ0v) is 17.6. The molecule has 4 rings (SSSR count). The number of benzene rings is 3. The van der Waals surface area contributed by atoms with Gasteiger partial charge in [-0.2, -0.15) is 0 Å². The van der Waals surface area contributed by atoms with Gasteiger partial charge in [0.15, 0.2) is 6.61 Å². The summed E-state index contributed by atoms with van der Waals surface area (Å²) in [7, 11) is 0. The third-order valence-electron chi connectivity index (χ3n) is 5.74. The van der Waals surface area contributed by atoms with Crippen LogP contribution in [0.3, 0.4) is 0 Å². The van der Waals surface area contributed by atoms with Gasteiger partial charge in [-0.3, -0.25) is 14.4 Å². The summed E-state index contributed by atoms with van der Waals surface area (Å²) in [6.07, 6.45) is 0.0701. The van der Waals surface area contributed by atoms with Crippen LogP contribution >= 0.6 is 0 Å². The molecule has 1 fully saturated rings. The molecule has 6 nitrogen and oxygen atoms in total. The molecule has 1 aliphatic rings. The van der Waals surface area contributed by atoms with Gasteiger partial charge in [-0.15, -0.1) is 0 Å². The maximum absolute atomic E-state index is 12.6. The van der Waals surface area contributed by atoms with Crippen molar-refractivity contribution in [3.63, 3.8) is 0 Å². The van der Waals surface area contributed by atoms with E-state index in [0.29, 0.717) is 5.69 Å². The molecule has 31 heavy (non-hydrogen) atoms. The Morgan fingerprint density at radius 1 is 1.03 bits per heavy atom. The fourth-order valence-corrected chi connectivity index (χ4v) is 3.87. The van der Waals surface area contributed by atoms with Crippen molar-refractivity contribution in [3.05, 3.63) is 71.8 Å². The summed E-state index contributed by atoms with van der Waals surface area (Å²) in [4.78, 5) is 39.0. The number of esters is 1. The first kappa shape index (κ1) is 20.6. The maximum Gasteiger partial charge on any atom is 0.311 e. The number of rotatable bonds is 5. The molecule has 0 saturated carbocycles. The molecular weight excluding hydrogens is 392 g/mol. The monoisotopic (exact) mass is 416 g/mol. The van der Waals surface area contributed by atoms with Crippen LogP contribution in [0.25, 0.3) is 10.8 Å². The van der Waals surface area contributed by atoms with Crippen molar-refractivity contribution in [2.75, 3.05) is 23.4 Å². The summed E-state index contributed by atoms with van der Waals surface area (Å²) in [5.74, 6) is -1.66. The van der Waals surface area contributed by atoms with Crippen LogP contribution in [-0.4, -0.2) is 30.9 Å². The number of fused-ring (bicyclic) bond motifs is 1. The first-order valence-corrected chi connectivity index (χ1v) is 10.2. The molecule has 0 bridgehead atoms. The van der Waals surface area contributed by atoms with Gasteiger partial charge in [-0.1, -0.05) is 48.5 Å². The number of nitrogens with zero attached hydrogens (tertiary/aromatic N) is 1. The third-order valence-corrected chi connectivity index (χ3v) is 5.74. The highest BCUT2D eigenvalue weighted by Gasteiger charge is 2.36. The smallest absolute Gasteiger partial charge is 0.311 e. The van der Waals surface area contributed by atoms with Crippen LogP contribution in [0.2, 0.25) is 0 Å². The molecule has 1 aliphatic heterocycles. The lowest BCUT2D eigenvalue weighted by Gasteiger charge is -2.19. The van der Waals surface area contributed by atoms with Gasteiger partial charge in [0.25, 0.3) is 5.91 Å². The normalized spacial score (nSPS) is 15.9. The van der Waals surface area contributed by atoms with E-state index in [9.17, 15) is 14.4 Å². The van der Waals surface area contributed by atoms with Gasteiger partial charge < -0.3 is 15.0 Å². The lowest BCUT2D eigenvalue weighted by Crippen LogP contribution is -2.28. The molecule has 1 heterocycles. The molecule has 158 valence electrons. The molecule has 1 saturated heterocycles. The van der Waals surface area contributed by atoms with E-state index in [2.05, 4.69) is 5.32 Å². The van der Waals surface area contributed by atoms with Crippen LogP contribution in [0.4, 0.5) is 11.4 Å². The van der Waals surface area contributed by atoms with Crippen LogP contribution in [0.5, 0.6) is 0 Å². The summed E-state index contributed by atoms with van der Waals surface area (Å²) < 4.78 is 5.22. The second kappa shape index (κ2) is 8.60. The molecule has 3 aromatic carbocycles. The summed E-state index contributed by atoms with van der Waals surface area (Å²) in [5, 5.41) is 4.76. The van der Waals surface area contributed by atoms with E-state index >= 15 is 0 Å².